The summed E-state index contributed by atoms with van der Waals surface area (Å²) < 4.78 is 5.08. The highest BCUT2D eigenvalue weighted by molar-refractivity contribution is 5.77. The van der Waals surface area contributed by atoms with Crippen LogP contribution in [0.5, 0.6) is 0 Å². The fraction of sp³-hybridized carbons (Fsp3) is 0.833. The molecule has 1 saturated carbocycles. The average molecular weight is 256 g/mol. The molecule has 1 heterocycles. The fourth-order valence-corrected chi connectivity index (χ4v) is 2.33. The number of carboxylic acids is 1. The summed E-state index contributed by atoms with van der Waals surface area (Å²) in [6.45, 7) is 1.09. The molecule has 0 aromatic carbocycles. The Morgan fingerprint density at radius 1 is 1.28 bits per heavy atom. The SMILES string of the molecule is O=C(NCCC1CCC1)NC1COCC1C(=O)O. The van der Waals surface area contributed by atoms with Crippen LogP contribution in [0, 0.1) is 11.8 Å². The molecule has 2 fully saturated rings. The lowest BCUT2D eigenvalue weighted by Gasteiger charge is -2.25. The Balaban J connectivity index is 1.64. The van der Waals surface area contributed by atoms with E-state index in [-0.39, 0.29) is 19.2 Å². The number of carboxylic acid groups (broad SMARTS) is 1. The normalized spacial score (nSPS) is 27.6. The Hall–Kier alpha value is -1.30. The predicted molar refractivity (Wildman–Crippen MR) is 64.2 cm³/mol. The fourth-order valence-electron chi connectivity index (χ4n) is 2.33. The lowest BCUT2D eigenvalue weighted by molar-refractivity contribution is -0.142. The first kappa shape index (κ1) is 13.1. The van der Waals surface area contributed by atoms with Crippen LogP contribution in [-0.2, 0) is 9.53 Å². The van der Waals surface area contributed by atoms with Gasteiger partial charge in [-0.1, -0.05) is 19.3 Å². The third-order valence-corrected chi connectivity index (χ3v) is 3.78. The molecular weight excluding hydrogens is 236 g/mol. The quantitative estimate of drug-likeness (QED) is 0.671. The second-order valence-corrected chi connectivity index (χ2v) is 5.07. The van der Waals surface area contributed by atoms with Gasteiger partial charge in [0.15, 0.2) is 0 Å². The van der Waals surface area contributed by atoms with E-state index in [2.05, 4.69) is 10.6 Å². The Morgan fingerprint density at radius 2 is 2.06 bits per heavy atom. The molecule has 0 aromatic rings. The predicted octanol–water partition coefficient (Wildman–Crippen LogP) is 0.575. The van der Waals surface area contributed by atoms with E-state index in [1.165, 1.54) is 19.3 Å². The first-order valence-electron chi connectivity index (χ1n) is 6.51. The van der Waals surface area contributed by atoms with Crippen LogP contribution in [0.4, 0.5) is 4.79 Å². The van der Waals surface area contributed by atoms with Gasteiger partial charge in [0.2, 0.25) is 0 Å². The Morgan fingerprint density at radius 3 is 2.67 bits per heavy atom. The van der Waals surface area contributed by atoms with Crippen molar-refractivity contribution in [3.63, 3.8) is 0 Å². The minimum atomic E-state index is -0.924. The van der Waals surface area contributed by atoms with Gasteiger partial charge in [-0.2, -0.15) is 0 Å². The first-order valence-corrected chi connectivity index (χ1v) is 6.51. The third kappa shape index (κ3) is 3.35. The molecule has 102 valence electrons. The number of aliphatic carboxylic acids is 1. The van der Waals surface area contributed by atoms with Crippen LogP contribution >= 0.6 is 0 Å². The molecule has 0 bridgehead atoms. The molecule has 0 radical (unpaired) electrons. The summed E-state index contributed by atoms with van der Waals surface area (Å²) in [5, 5.41) is 14.4. The van der Waals surface area contributed by atoms with E-state index in [4.69, 9.17) is 9.84 Å². The maximum Gasteiger partial charge on any atom is 0.315 e. The minimum absolute atomic E-state index is 0.169. The average Bonchev–Trinajstić information content (AvgIpc) is 2.69. The van der Waals surface area contributed by atoms with E-state index in [0.29, 0.717) is 6.54 Å². The number of hydrogen-bond donors (Lipinski definition) is 3. The van der Waals surface area contributed by atoms with E-state index in [0.717, 1.165) is 12.3 Å². The van der Waals surface area contributed by atoms with Crippen molar-refractivity contribution in [2.45, 2.75) is 31.7 Å². The molecule has 0 spiro atoms. The van der Waals surface area contributed by atoms with Crippen LogP contribution in [0.25, 0.3) is 0 Å². The van der Waals surface area contributed by atoms with Crippen molar-refractivity contribution in [1.29, 1.82) is 0 Å². The van der Waals surface area contributed by atoms with Crippen LogP contribution in [-0.4, -0.2) is 42.9 Å². The summed E-state index contributed by atoms with van der Waals surface area (Å²) in [6, 6.07) is -0.720. The number of hydrogen-bond acceptors (Lipinski definition) is 3. The van der Waals surface area contributed by atoms with Gasteiger partial charge in [-0.25, -0.2) is 4.79 Å². The molecule has 2 aliphatic rings. The number of amides is 2. The molecule has 2 amide bonds. The highest BCUT2D eigenvalue weighted by Gasteiger charge is 2.35. The lowest BCUT2D eigenvalue weighted by atomic mass is 9.83. The van der Waals surface area contributed by atoms with Gasteiger partial charge in [-0.3, -0.25) is 4.79 Å². The van der Waals surface area contributed by atoms with E-state index in [1.54, 1.807) is 0 Å². The summed E-state index contributed by atoms with van der Waals surface area (Å²) in [7, 11) is 0. The van der Waals surface area contributed by atoms with Gasteiger partial charge in [0.25, 0.3) is 0 Å². The topological polar surface area (TPSA) is 87.7 Å². The summed E-state index contributed by atoms with van der Waals surface area (Å²) in [5.41, 5.74) is 0. The molecule has 6 heteroatoms. The standard InChI is InChI=1S/C12H20N2O4/c15-11(16)9-6-18-7-10(9)14-12(17)13-5-4-8-2-1-3-8/h8-10H,1-7H2,(H,15,16)(H2,13,14,17). The smallest absolute Gasteiger partial charge is 0.315 e. The molecule has 0 aromatic heterocycles. The second-order valence-electron chi connectivity index (χ2n) is 5.07. The molecule has 2 rings (SSSR count). The Labute approximate surface area is 106 Å². The van der Waals surface area contributed by atoms with Crippen molar-refractivity contribution in [3.05, 3.63) is 0 Å². The molecule has 1 aliphatic carbocycles. The van der Waals surface area contributed by atoms with Crippen molar-refractivity contribution in [1.82, 2.24) is 10.6 Å². The minimum Gasteiger partial charge on any atom is -0.481 e. The van der Waals surface area contributed by atoms with E-state index < -0.39 is 17.9 Å². The van der Waals surface area contributed by atoms with Gasteiger partial charge in [0.1, 0.15) is 5.92 Å². The van der Waals surface area contributed by atoms with E-state index >= 15 is 0 Å². The van der Waals surface area contributed by atoms with Gasteiger partial charge in [-0.15, -0.1) is 0 Å². The van der Waals surface area contributed by atoms with Gasteiger partial charge in [-0.05, 0) is 12.3 Å². The molecule has 2 atom stereocenters. The first-order chi connectivity index (χ1) is 8.66. The third-order valence-electron chi connectivity index (χ3n) is 3.78. The van der Waals surface area contributed by atoms with Crippen molar-refractivity contribution < 1.29 is 19.4 Å². The molecule has 2 unspecified atom stereocenters. The van der Waals surface area contributed by atoms with Crippen LogP contribution in [0.3, 0.4) is 0 Å². The second kappa shape index (κ2) is 6.04. The number of rotatable bonds is 5. The summed E-state index contributed by atoms with van der Waals surface area (Å²) >= 11 is 0. The Bertz CT molecular complexity index is 317. The van der Waals surface area contributed by atoms with Crippen LogP contribution in [0.1, 0.15) is 25.7 Å². The van der Waals surface area contributed by atoms with Crippen molar-refractivity contribution in [2.24, 2.45) is 11.8 Å². The van der Waals surface area contributed by atoms with Crippen molar-refractivity contribution in [2.75, 3.05) is 19.8 Å². The number of carbonyl (C=O) groups is 2. The molecule has 1 aliphatic heterocycles. The van der Waals surface area contributed by atoms with Crippen molar-refractivity contribution >= 4 is 12.0 Å². The number of ether oxygens (including phenoxy) is 1. The maximum atomic E-state index is 11.6. The largest absolute Gasteiger partial charge is 0.481 e. The highest BCUT2D eigenvalue weighted by atomic mass is 16.5. The molecule has 3 N–H and O–H groups in total. The Kier molecular flexibility index (Phi) is 4.41. The van der Waals surface area contributed by atoms with Crippen LogP contribution < -0.4 is 10.6 Å². The van der Waals surface area contributed by atoms with Crippen molar-refractivity contribution in [3.8, 4) is 0 Å². The van der Waals surface area contributed by atoms with E-state index in [9.17, 15) is 9.59 Å². The summed E-state index contributed by atoms with van der Waals surface area (Å²) in [4.78, 5) is 22.5. The molecule has 6 nitrogen and oxygen atoms in total. The van der Waals surface area contributed by atoms with Crippen LogP contribution in [0.2, 0.25) is 0 Å². The highest BCUT2D eigenvalue weighted by Crippen LogP contribution is 2.28. The summed E-state index contributed by atoms with van der Waals surface area (Å²) in [5.74, 6) is -0.804. The zero-order valence-electron chi connectivity index (χ0n) is 10.4. The van der Waals surface area contributed by atoms with Gasteiger partial charge >= 0.3 is 12.0 Å². The number of urea groups is 1. The lowest BCUT2D eigenvalue weighted by Crippen LogP contribution is -2.47. The molecular formula is C12H20N2O4. The van der Waals surface area contributed by atoms with Gasteiger partial charge in [0.05, 0.1) is 19.3 Å². The van der Waals surface area contributed by atoms with Crippen LogP contribution in [0.15, 0.2) is 0 Å². The van der Waals surface area contributed by atoms with Gasteiger partial charge < -0.3 is 20.5 Å². The van der Waals surface area contributed by atoms with E-state index in [1.807, 2.05) is 0 Å². The maximum absolute atomic E-state index is 11.6. The molecule has 1 saturated heterocycles. The molecule has 18 heavy (non-hydrogen) atoms. The number of carbonyl (C=O) groups excluding carboxylic acids is 1. The zero-order chi connectivity index (χ0) is 13.0. The number of nitrogens with one attached hydrogen (secondary N) is 2. The zero-order valence-corrected chi connectivity index (χ0v) is 10.4. The van der Waals surface area contributed by atoms with Gasteiger partial charge in [0, 0.05) is 6.54 Å². The summed E-state index contributed by atoms with van der Waals surface area (Å²) in [6.07, 6.45) is 4.84. The monoisotopic (exact) mass is 256 g/mol.